The molecule has 0 aromatic rings. The molecule has 3 atom stereocenters. The van der Waals surface area contributed by atoms with Crippen LogP contribution in [0.1, 0.15) is 19.8 Å². The fourth-order valence-electron chi connectivity index (χ4n) is 3.14. The summed E-state index contributed by atoms with van der Waals surface area (Å²) in [5, 5.41) is 17.8. The maximum Gasteiger partial charge on any atom is 0.352 e. The third-order valence-electron chi connectivity index (χ3n) is 4.41. The first-order valence-corrected chi connectivity index (χ1v) is 10.3. The predicted octanol–water partition coefficient (Wildman–Crippen LogP) is 0.0345. The van der Waals surface area contributed by atoms with Crippen molar-refractivity contribution in [2.75, 3.05) is 18.1 Å². The average Bonchev–Trinajstić information content (AvgIpc) is 2.60. The van der Waals surface area contributed by atoms with Crippen LogP contribution in [0.5, 0.6) is 0 Å². The van der Waals surface area contributed by atoms with Gasteiger partial charge in [-0.3, -0.25) is 15.1 Å². The first kappa shape index (κ1) is 19.2. The van der Waals surface area contributed by atoms with Crippen molar-refractivity contribution >= 4 is 46.4 Å². The highest BCUT2D eigenvalue weighted by atomic mass is 32.2. The van der Waals surface area contributed by atoms with E-state index < -0.39 is 12.0 Å². The molecule has 0 bridgehead atoms. The second-order valence-electron chi connectivity index (χ2n) is 6.29. The number of nitrogens with zero attached hydrogens (tertiary/aromatic N) is 3. The van der Waals surface area contributed by atoms with Crippen LogP contribution < -0.4 is 11.5 Å². The normalized spacial score (nSPS) is 28.7. The minimum absolute atomic E-state index is 0.0331. The number of aliphatic carboxylic acids is 1. The summed E-state index contributed by atoms with van der Waals surface area (Å²) in [5.74, 6) is -0.373. The highest BCUT2D eigenvalue weighted by Crippen LogP contribution is 2.40. The molecule has 0 aromatic heterocycles. The number of thioether (sulfide) groups is 2. The van der Waals surface area contributed by atoms with E-state index in [2.05, 4.69) is 4.99 Å². The number of amides is 1. The van der Waals surface area contributed by atoms with Crippen LogP contribution in [0.3, 0.4) is 0 Å². The maximum absolute atomic E-state index is 12.0. The van der Waals surface area contributed by atoms with E-state index in [0.29, 0.717) is 28.7 Å². The molecule has 1 fully saturated rings. The topological polar surface area (TPSA) is 149 Å². The van der Waals surface area contributed by atoms with Crippen molar-refractivity contribution < 1.29 is 14.7 Å². The lowest BCUT2D eigenvalue weighted by molar-refractivity contribution is -0.147. The lowest BCUT2D eigenvalue weighted by Gasteiger charge is -2.48. The number of carbonyl (C=O) groups excluding carboxylic acids is 1. The van der Waals surface area contributed by atoms with Crippen LogP contribution in [-0.4, -0.2) is 73.4 Å². The molecule has 3 aliphatic heterocycles. The smallest absolute Gasteiger partial charge is 0.352 e. The van der Waals surface area contributed by atoms with Crippen LogP contribution in [0.25, 0.3) is 0 Å². The third kappa shape index (κ3) is 3.36. The van der Waals surface area contributed by atoms with Crippen molar-refractivity contribution in [1.82, 2.24) is 9.80 Å². The Morgan fingerprint density at radius 2 is 2.23 bits per heavy atom. The van der Waals surface area contributed by atoms with E-state index >= 15 is 0 Å². The van der Waals surface area contributed by atoms with Crippen LogP contribution in [0.15, 0.2) is 16.3 Å². The Bertz CT molecular complexity index is 709. The van der Waals surface area contributed by atoms with Crippen LogP contribution >= 0.6 is 23.5 Å². The maximum atomic E-state index is 12.0. The summed E-state index contributed by atoms with van der Waals surface area (Å²) < 4.78 is 0. The minimum atomic E-state index is -1.12. The molecular weight excluding hydrogens is 376 g/mol. The van der Waals surface area contributed by atoms with Crippen molar-refractivity contribution in [2.24, 2.45) is 16.5 Å². The van der Waals surface area contributed by atoms with Gasteiger partial charge in [-0.1, -0.05) is 18.7 Å². The first-order chi connectivity index (χ1) is 12.3. The van der Waals surface area contributed by atoms with Crippen LogP contribution in [-0.2, 0) is 9.59 Å². The zero-order valence-corrected chi connectivity index (χ0v) is 16.0. The zero-order valence-electron chi connectivity index (χ0n) is 14.3. The van der Waals surface area contributed by atoms with Gasteiger partial charge in [-0.2, -0.15) is 0 Å². The van der Waals surface area contributed by atoms with Gasteiger partial charge in [0.25, 0.3) is 0 Å². The first-order valence-electron chi connectivity index (χ1n) is 8.31. The number of rotatable bonds is 5. The number of carboxylic acids is 1. The largest absolute Gasteiger partial charge is 0.477 e. The van der Waals surface area contributed by atoms with E-state index in [1.54, 1.807) is 0 Å². The van der Waals surface area contributed by atoms with Gasteiger partial charge in [-0.25, -0.2) is 9.79 Å². The van der Waals surface area contributed by atoms with Gasteiger partial charge in [0.15, 0.2) is 5.17 Å². The van der Waals surface area contributed by atoms with E-state index in [9.17, 15) is 14.7 Å². The second-order valence-corrected chi connectivity index (χ2v) is 8.34. The number of amidine groups is 2. The molecule has 11 heteroatoms. The lowest BCUT2D eigenvalue weighted by atomic mass is 10.0. The van der Waals surface area contributed by atoms with Gasteiger partial charge < -0.3 is 21.5 Å². The highest BCUT2D eigenvalue weighted by Gasteiger charge is 2.51. The van der Waals surface area contributed by atoms with Crippen molar-refractivity contribution in [2.45, 2.75) is 37.3 Å². The number of hydrogen-bond acceptors (Lipinski definition) is 8. The monoisotopic (exact) mass is 398 g/mol. The van der Waals surface area contributed by atoms with E-state index in [4.69, 9.17) is 16.9 Å². The van der Waals surface area contributed by atoms with Gasteiger partial charge in [-0.15, -0.1) is 11.8 Å². The Labute approximate surface area is 159 Å². The molecule has 0 spiro atoms. The molecule has 6 N–H and O–H groups in total. The SMILES string of the molecule is CCCN1C(SCC2=C(C(=O)O)N3C(=O)C(N)[C@@H]3SC2)=NC(=N)CC1N. The fourth-order valence-corrected chi connectivity index (χ4v) is 5.67. The lowest BCUT2D eigenvalue weighted by Crippen LogP contribution is -2.68. The number of carboxylic acid groups (broad SMARTS) is 1. The molecule has 3 heterocycles. The summed E-state index contributed by atoms with van der Waals surface area (Å²) >= 11 is 2.84. The molecule has 1 saturated heterocycles. The quantitative estimate of drug-likeness (QED) is 0.474. The Morgan fingerprint density at radius 1 is 1.50 bits per heavy atom. The molecule has 0 aliphatic carbocycles. The van der Waals surface area contributed by atoms with E-state index in [0.717, 1.165) is 13.0 Å². The van der Waals surface area contributed by atoms with Gasteiger partial charge in [0, 0.05) is 24.5 Å². The van der Waals surface area contributed by atoms with E-state index in [1.165, 1.54) is 28.4 Å². The molecule has 1 amide bonds. The number of hydrogen-bond donors (Lipinski definition) is 4. The number of β-lactam (4-membered cyclic amide) rings is 1. The van der Waals surface area contributed by atoms with Crippen LogP contribution in [0, 0.1) is 5.41 Å². The third-order valence-corrected chi connectivity index (χ3v) is 6.85. The van der Waals surface area contributed by atoms with Crippen molar-refractivity contribution in [3.8, 4) is 0 Å². The molecule has 9 nitrogen and oxygen atoms in total. The molecule has 0 saturated carbocycles. The Hall–Kier alpha value is -1.56. The van der Waals surface area contributed by atoms with Gasteiger partial charge >= 0.3 is 5.97 Å². The summed E-state index contributed by atoms with van der Waals surface area (Å²) in [7, 11) is 0. The standard InChI is InChI=1S/C15H22N6O3S2/c1-2-3-20-9(17)4-8(16)19-15(20)26-6-7-5-25-13-10(18)12(22)21(13)11(7)14(23)24/h9-10,13,16H,2-6,17-18H2,1H3,(H,23,24)/t9?,10?,13-/m0/s1. The average molecular weight is 399 g/mol. The summed E-state index contributed by atoms with van der Waals surface area (Å²) in [6, 6.07) is -0.634. The number of fused-ring (bicyclic) bond motifs is 1. The molecular formula is C15H22N6O3S2. The molecule has 0 aromatic carbocycles. The summed E-state index contributed by atoms with van der Waals surface area (Å²) in [6.45, 7) is 2.76. The summed E-state index contributed by atoms with van der Waals surface area (Å²) in [5.41, 5.74) is 12.6. The second kappa shape index (κ2) is 7.59. The molecule has 142 valence electrons. The van der Waals surface area contributed by atoms with Crippen LogP contribution in [0.2, 0.25) is 0 Å². The number of aliphatic imine (C=N–C) groups is 1. The predicted molar refractivity (Wildman–Crippen MR) is 103 cm³/mol. The van der Waals surface area contributed by atoms with Gasteiger partial charge in [-0.05, 0) is 12.0 Å². The molecule has 3 rings (SSSR count). The van der Waals surface area contributed by atoms with Gasteiger partial charge in [0.2, 0.25) is 5.91 Å². The van der Waals surface area contributed by atoms with Crippen molar-refractivity contribution in [1.29, 1.82) is 5.41 Å². The van der Waals surface area contributed by atoms with Crippen molar-refractivity contribution in [3.63, 3.8) is 0 Å². The minimum Gasteiger partial charge on any atom is -0.477 e. The molecule has 2 unspecified atom stereocenters. The van der Waals surface area contributed by atoms with Gasteiger partial charge in [0.1, 0.15) is 22.9 Å². The number of nitrogens with one attached hydrogen (secondary N) is 1. The highest BCUT2D eigenvalue weighted by molar-refractivity contribution is 8.14. The molecule has 3 aliphatic rings. The fraction of sp³-hybridized carbons (Fsp3) is 0.600. The van der Waals surface area contributed by atoms with E-state index in [-0.39, 0.29) is 29.0 Å². The Kier molecular flexibility index (Phi) is 5.61. The van der Waals surface area contributed by atoms with Crippen molar-refractivity contribution in [3.05, 3.63) is 11.3 Å². The molecule has 26 heavy (non-hydrogen) atoms. The number of carbonyl (C=O) groups is 2. The van der Waals surface area contributed by atoms with Gasteiger partial charge in [0.05, 0.1) is 6.17 Å². The Morgan fingerprint density at radius 3 is 2.88 bits per heavy atom. The summed E-state index contributed by atoms with van der Waals surface area (Å²) in [4.78, 5) is 31.2. The van der Waals surface area contributed by atoms with E-state index in [1.807, 2.05) is 11.8 Å². The summed E-state index contributed by atoms with van der Waals surface area (Å²) in [6.07, 6.45) is 0.988. The zero-order chi connectivity index (χ0) is 19.0. The molecule has 0 radical (unpaired) electrons. The number of nitrogens with two attached hydrogens (primary N) is 2. The van der Waals surface area contributed by atoms with Crippen LogP contribution in [0.4, 0.5) is 0 Å². The Balaban J connectivity index is 1.80.